The summed E-state index contributed by atoms with van der Waals surface area (Å²) in [6.07, 6.45) is 0.417. The molecular formula is C18H14O. The second-order valence-corrected chi connectivity index (χ2v) is 4.96. The van der Waals surface area contributed by atoms with Gasteiger partial charge >= 0.3 is 0 Å². The van der Waals surface area contributed by atoms with Crippen LogP contribution in [0.4, 0.5) is 0 Å². The first-order valence-corrected chi connectivity index (χ1v) is 6.61. The van der Waals surface area contributed by atoms with Gasteiger partial charge in [0.15, 0.2) is 0 Å². The second-order valence-electron chi connectivity index (χ2n) is 4.96. The summed E-state index contributed by atoms with van der Waals surface area (Å²) >= 11 is 0. The van der Waals surface area contributed by atoms with Crippen LogP contribution >= 0.6 is 0 Å². The number of rotatable bonds is 2. The van der Waals surface area contributed by atoms with E-state index in [0.29, 0.717) is 0 Å². The van der Waals surface area contributed by atoms with Crippen molar-refractivity contribution < 1.29 is 4.74 Å². The molecule has 1 saturated heterocycles. The maximum atomic E-state index is 5.90. The molecule has 2 atom stereocenters. The van der Waals surface area contributed by atoms with Crippen molar-refractivity contribution in [3.8, 4) is 0 Å². The molecule has 1 fully saturated rings. The minimum Gasteiger partial charge on any atom is -0.359 e. The monoisotopic (exact) mass is 246 g/mol. The van der Waals surface area contributed by atoms with Gasteiger partial charge in [0.2, 0.25) is 0 Å². The van der Waals surface area contributed by atoms with E-state index in [9.17, 15) is 0 Å². The standard InChI is InChI=1S/C18H14O/c1-2-8-14(9-3-1)17-18(19-17)16-12-6-10-13-7-4-5-11-15(13)16/h1-12,17-18H. The Morgan fingerprint density at radius 3 is 2.26 bits per heavy atom. The summed E-state index contributed by atoms with van der Waals surface area (Å²) < 4.78 is 5.90. The fourth-order valence-corrected chi connectivity index (χ4v) is 2.74. The highest BCUT2D eigenvalue weighted by molar-refractivity contribution is 5.86. The summed E-state index contributed by atoms with van der Waals surface area (Å²) in [4.78, 5) is 0. The molecule has 1 aliphatic rings. The highest BCUT2D eigenvalue weighted by atomic mass is 16.6. The highest BCUT2D eigenvalue weighted by Gasteiger charge is 2.41. The van der Waals surface area contributed by atoms with Gasteiger partial charge in [-0.15, -0.1) is 0 Å². The van der Waals surface area contributed by atoms with E-state index < -0.39 is 0 Å². The maximum absolute atomic E-state index is 5.90. The van der Waals surface area contributed by atoms with Gasteiger partial charge < -0.3 is 4.74 Å². The molecule has 0 bridgehead atoms. The van der Waals surface area contributed by atoms with Crippen molar-refractivity contribution >= 4 is 10.8 Å². The highest BCUT2D eigenvalue weighted by Crippen LogP contribution is 2.52. The van der Waals surface area contributed by atoms with Gasteiger partial charge in [-0.05, 0) is 21.9 Å². The minimum atomic E-state index is 0.202. The largest absolute Gasteiger partial charge is 0.359 e. The van der Waals surface area contributed by atoms with Crippen LogP contribution in [0.1, 0.15) is 23.3 Å². The topological polar surface area (TPSA) is 12.5 Å². The fourth-order valence-electron chi connectivity index (χ4n) is 2.74. The van der Waals surface area contributed by atoms with Gasteiger partial charge in [0.05, 0.1) is 0 Å². The summed E-state index contributed by atoms with van der Waals surface area (Å²) in [6, 6.07) is 25.4. The van der Waals surface area contributed by atoms with E-state index in [4.69, 9.17) is 4.74 Å². The third-order valence-corrected chi connectivity index (χ3v) is 3.75. The zero-order valence-electron chi connectivity index (χ0n) is 10.5. The fraction of sp³-hybridized carbons (Fsp3) is 0.111. The number of benzene rings is 3. The van der Waals surface area contributed by atoms with Crippen LogP contribution in [0.15, 0.2) is 72.8 Å². The predicted octanol–water partition coefficient (Wildman–Crippen LogP) is 4.65. The van der Waals surface area contributed by atoms with E-state index in [1.54, 1.807) is 0 Å². The molecule has 1 nitrogen and oxygen atoms in total. The molecule has 0 aliphatic carbocycles. The summed E-state index contributed by atoms with van der Waals surface area (Å²) in [5.74, 6) is 0. The van der Waals surface area contributed by atoms with Gasteiger partial charge in [-0.3, -0.25) is 0 Å². The number of fused-ring (bicyclic) bond motifs is 1. The minimum absolute atomic E-state index is 0.202. The summed E-state index contributed by atoms with van der Waals surface area (Å²) in [5, 5.41) is 2.58. The molecule has 3 aromatic carbocycles. The molecule has 19 heavy (non-hydrogen) atoms. The molecule has 1 heterocycles. The van der Waals surface area contributed by atoms with Crippen LogP contribution in [0.3, 0.4) is 0 Å². The molecule has 3 aromatic rings. The van der Waals surface area contributed by atoms with E-state index in [2.05, 4.69) is 66.7 Å². The molecule has 2 unspecified atom stereocenters. The number of hydrogen-bond donors (Lipinski definition) is 0. The summed E-state index contributed by atoms with van der Waals surface area (Å²) in [7, 11) is 0. The first-order valence-electron chi connectivity index (χ1n) is 6.61. The van der Waals surface area contributed by atoms with E-state index in [1.165, 1.54) is 21.9 Å². The predicted molar refractivity (Wildman–Crippen MR) is 77.0 cm³/mol. The zero-order chi connectivity index (χ0) is 12.7. The van der Waals surface area contributed by atoms with Crippen molar-refractivity contribution in [2.45, 2.75) is 12.2 Å². The van der Waals surface area contributed by atoms with Crippen molar-refractivity contribution in [1.82, 2.24) is 0 Å². The van der Waals surface area contributed by atoms with Crippen molar-refractivity contribution in [2.75, 3.05) is 0 Å². The molecular weight excluding hydrogens is 232 g/mol. The average Bonchev–Trinajstić information content (AvgIpc) is 3.28. The lowest BCUT2D eigenvalue weighted by atomic mass is 9.99. The SMILES string of the molecule is c1ccc(C2OC2c2cccc3ccccc23)cc1. The molecule has 0 spiro atoms. The molecule has 0 N–H and O–H groups in total. The molecule has 0 amide bonds. The van der Waals surface area contributed by atoms with Crippen LogP contribution in [-0.4, -0.2) is 0 Å². The van der Waals surface area contributed by atoms with Crippen LogP contribution in [0.25, 0.3) is 10.8 Å². The molecule has 0 aromatic heterocycles. The third kappa shape index (κ3) is 1.83. The third-order valence-electron chi connectivity index (χ3n) is 3.75. The Hall–Kier alpha value is -2.12. The van der Waals surface area contributed by atoms with Crippen molar-refractivity contribution in [3.05, 3.63) is 83.9 Å². The molecule has 92 valence electrons. The van der Waals surface area contributed by atoms with Crippen LogP contribution < -0.4 is 0 Å². The van der Waals surface area contributed by atoms with Gasteiger partial charge in [-0.2, -0.15) is 0 Å². The number of epoxide rings is 1. The molecule has 0 radical (unpaired) electrons. The Kier molecular flexibility index (Phi) is 2.39. The Labute approximate surface area is 112 Å². The normalized spacial score (nSPS) is 21.5. The number of hydrogen-bond acceptors (Lipinski definition) is 1. The first kappa shape index (κ1) is 10.8. The van der Waals surface area contributed by atoms with E-state index in [0.717, 1.165) is 0 Å². The lowest BCUT2D eigenvalue weighted by Gasteiger charge is -2.03. The van der Waals surface area contributed by atoms with Crippen molar-refractivity contribution in [3.63, 3.8) is 0 Å². The van der Waals surface area contributed by atoms with E-state index in [-0.39, 0.29) is 12.2 Å². The average molecular weight is 246 g/mol. The second kappa shape index (κ2) is 4.22. The Bertz CT molecular complexity index is 713. The van der Waals surface area contributed by atoms with Crippen LogP contribution in [0.5, 0.6) is 0 Å². The van der Waals surface area contributed by atoms with E-state index >= 15 is 0 Å². The van der Waals surface area contributed by atoms with E-state index in [1.807, 2.05) is 6.07 Å². The molecule has 1 aliphatic heterocycles. The lowest BCUT2D eigenvalue weighted by molar-refractivity contribution is 0.378. The zero-order valence-corrected chi connectivity index (χ0v) is 10.5. The quantitative estimate of drug-likeness (QED) is 0.599. The maximum Gasteiger partial charge on any atom is 0.114 e. The van der Waals surface area contributed by atoms with Gasteiger partial charge in [-0.25, -0.2) is 0 Å². The summed E-state index contributed by atoms with van der Waals surface area (Å²) in [5.41, 5.74) is 2.56. The first-order chi connectivity index (χ1) is 9.43. The van der Waals surface area contributed by atoms with Crippen LogP contribution in [-0.2, 0) is 4.74 Å². The van der Waals surface area contributed by atoms with Gasteiger partial charge in [-0.1, -0.05) is 72.8 Å². The van der Waals surface area contributed by atoms with Gasteiger partial charge in [0, 0.05) is 0 Å². The molecule has 0 saturated carbocycles. The Morgan fingerprint density at radius 2 is 1.37 bits per heavy atom. The Balaban J connectivity index is 1.74. The number of ether oxygens (including phenoxy) is 1. The van der Waals surface area contributed by atoms with Gasteiger partial charge in [0.1, 0.15) is 12.2 Å². The molecule has 1 heteroatoms. The van der Waals surface area contributed by atoms with Crippen LogP contribution in [0.2, 0.25) is 0 Å². The van der Waals surface area contributed by atoms with Crippen molar-refractivity contribution in [2.24, 2.45) is 0 Å². The van der Waals surface area contributed by atoms with Crippen molar-refractivity contribution in [1.29, 1.82) is 0 Å². The Morgan fingerprint density at radius 1 is 0.632 bits per heavy atom. The molecule has 4 rings (SSSR count). The smallest absolute Gasteiger partial charge is 0.114 e. The summed E-state index contributed by atoms with van der Waals surface area (Å²) in [6.45, 7) is 0. The van der Waals surface area contributed by atoms with Gasteiger partial charge in [0.25, 0.3) is 0 Å². The van der Waals surface area contributed by atoms with Crippen LogP contribution in [0, 0.1) is 0 Å². The lowest BCUT2D eigenvalue weighted by Crippen LogP contribution is -1.86.